The van der Waals surface area contributed by atoms with Gasteiger partial charge in [0.2, 0.25) is 5.91 Å². The van der Waals surface area contributed by atoms with E-state index in [1.165, 1.54) is 0 Å². The molecule has 6 nitrogen and oxygen atoms in total. The van der Waals surface area contributed by atoms with Gasteiger partial charge in [0.15, 0.2) is 0 Å². The molecule has 0 spiro atoms. The largest absolute Gasteiger partial charge is 0.375 e. The van der Waals surface area contributed by atoms with E-state index in [0.717, 1.165) is 18.5 Å². The molecule has 0 radical (unpaired) electrons. The summed E-state index contributed by atoms with van der Waals surface area (Å²) in [6.45, 7) is 3.93. The van der Waals surface area contributed by atoms with E-state index in [4.69, 9.17) is 4.74 Å². The number of carbonyl (C=O) groups excluding carboxylic acids is 1. The summed E-state index contributed by atoms with van der Waals surface area (Å²) < 4.78 is 7.20. The molecule has 0 bridgehead atoms. The van der Waals surface area contributed by atoms with Gasteiger partial charge >= 0.3 is 0 Å². The van der Waals surface area contributed by atoms with Crippen LogP contribution in [0.25, 0.3) is 0 Å². The lowest BCUT2D eigenvalue weighted by Gasteiger charge is -2.29. The van der Waals surface area contributed by atoms with Crippen LogP contribution < -0.4 is 10.6 Å². The molecule has 1 aliphatic rings. The Bertz CT molecular complexity index is 410. The second-order valence-corrected chi connectivity index (χ2v) is 4.57. The van der Waals surface area contributed by atoms with Crippen molar-refractivity contribution in [3.05, 3.63) is 18.0 Å². The average Bonchev–Trinajstić information content (AvgIpc) is 2.75. The molecule has 1 amide bonds. The Balaban J connectivity index is 0.00000180. The third kappa shape index (κ3) is 4.49. The lowest BCUT2D eigenvalue weighted by Crippen LogP contribution is -2.55. The summed E-state index contributed by atoms with van der Waals surface area (Å²) in [6, 6.07) is -0.243. The van der Waals surface area contributed by atoms with Gasteiger partial charge in [-0.15, -0.1) is 12.4 Å². The molecule has 1 saturated heterocycles. The van der Waals surface area contributed by atoms with Crippen LogP contribution in [0.3, 0.4) is 0 Å². The lowest BCUT2D eigenvalue weighted by molar-refractivity contribution is -0.128. The summed E-state index contributed by atoms with van der Waals surface area (Å²) in [7, 11) is 1.88. The standard InChI is InChI=1S/C12H20N4O2.ClH/c1-9-11(13-5-6-18-9)12(17)14-4-3-10-7-15-16(2)8-10;/h7-9,11,13H,3-6H2,1-2H3,(H,14,17);1H/t9-,11+;/m1./s1. The van der Waals surface area contributed by atoms with Gasteiger partial charge in [-0.25, -0.2) is 0 Å². The third-order valence-corrected chi connectivity index (χ3v) is 3.07. The van der Waals surface area contributed by atoms with E-state index in [-0.39, 0.29) is 30.5 Å². The predicted octanol–water partition coefficient (Wildman–Crippen LogP) is -0.122. The van der Waals surface area contributed by atoms with Crippen molar-refractivity contribution in [2.75, 3.05) is 19.7 Å². The van der Waals surface area contributed by atoms with Crippen molar-refractivity contribution in [2.24, 2.45) is 7.05 Å². The number of carbonyl (C=O) groups is 1. The number of hydrogen-bond acceptors (Lipinski definition) is 4. The van der Waals surface area contributed by atoms with Gasteiger partial charge in [0, 0.05) is 26.3 Å². The molecule has 1 fully saturated rings. The first-order valence-corrected chi connectivity index (χ1v) is 6.27. The fourth-order valence-corrected chi connectivity index (χ4v) is 2.07. The Labute approximate surface area is 119 Å². The number of aryl methyl sites for hydroxylation is 1. The van der Waals surface area contributed by atoms with E-state index in [9.17, 15) is 4.79 Å². The van der Waals surface area contributed by atoms with Crippen LogP contribution in [0.2, 0.25) is 0 Å². The maximum absolute atomic E-state index is 11.9. The zero-order valence-electron chi connectivity index (χ0n) is 11.3. The van der Waals surface area contributed by atoms with Crippen molar-refractivity contribution in [2.45, 2.75) is 25.5 Å². The van der Waals surface area contributed by atoms with Crippen LogP contribution in [0.4, 0.5) is 0 Å². The summed E-state index contributed by atoms with van der Waals surface area (Å²) in [4.78, 5) is 11.9. The molecule has 2 heterocycles. The van der Waals surface area contributed by atoms with E-state index in [1.54, 1.807) is 4.68 Å². The number of aromatic nitrogens is 2. The minimum Gasteiger partial charge on any atom is -0.375 e. The van der Waals surface area contributed by atoms with Crippen molar-refractivity contribution in [1.29, 1.82) is 0 Å². The summed E-state index contributed by atoms with van der Waals surface area (Å²) in [5.74, 6) is 0.00564. The average molecular weight is 289 g/mol. The third-order valence-electron chi connectivity index (χ3n) is 3.07. The molecule has 2 atom stereocenters. The van der Waals surface area contributed by atoms with Gasteiger partial charge in [0.05, 0.1) is 18.9 Å². The van der Waals surface area contributed by atoms with Gasteiger partial charge in [0.25, 0.3) is 0 Å². The molecule has 0 saturated carbocycles. The second-order valence-electron chi connectivity index (χ2n) is 4.57. The van der Waals surface area contributed by atoms with E-state index < -0.39 is 0 Å². The fraction of sp³-hybridized carbons (Fsp3) is 0.667. The Morgan fingerprint density at radius 1 is 1.68 bits per heavy atom. The first-order valence-electron chi connectivity index (χ1n) is 6.27. The van der Waals surface area contributed by atoms with Crippen LogP contribution in [-0.4, -0.2) is 47.5 Å². The number of nitrogens with zero attached hydrogens (tertiary/aromatic N) is 2. The molecular formula is C12H21ClN4O2. The van der Waals surface area contributed by atoms with Crippen molar-refractivity contribution in [3.63, 3.8) is 0 Å². The van der Waals surface area contributed by atoms with Gasteiger partial charge in [-0.05, 0) is 18.9 Å². The number of hydrogen-bond donors (Lipinski definition) is 2. The predicted molar refractivity (Wildman–Crippen MR) is 74.4 cm³/mol. The molecule has 19 heavy (non-hydrogen) atoms. The van der Waals surface area contributed by atoms with Crippen LogP contribution in [0, 0.1) is 0 Å². The van der Waals surface area contributed by atoms with Gasteiger partial charge < -0.3 is 15.4 Å². The van der Waals surface area contributed by atoms with Crippen molar-refractivity contribution in [1.82, 2.24) is 20.4 Å². The summed E-state index contributed by atoms with van der Waals surface area (Å²) in [5, 5.41) is 10.2. The molecule has 1 aliphatic heterocycles. The highest BCUT2D eigenvalue weighted by Crippen LogP contribution is 2.04. The highest BCUT2D eigenvalue weighted by Gasteiger charge is 2.27. The first kappa shape index (κ1) is 15.9. The Kier molecular flexibility index (Phi) is 6.27. The van der Waals surface area contributed by atoms with E-state index >= 15 is 0 Å². The van der Waals surface area contributed by atoms with E-state index in [0.29, 0.717) is 13.2 Å². The topological polar surface area (TPSA) is 68.2 Å². The minimum absolute atomic E-state index is 0. The van der Waals surface area contributed by atoms with Crippen LogP contribution >= 0.6 is 12.4 Å². The molecule has 108 valence electrons. The van der Waals surface area contributed by atoms with Crippen molar-refractivity contribution < 1.29 is 9.53 Å². The normalized spacial score (nSPS) is 22.6. The zero-order chi connectivity index (χ0) is 13.0. The summed E-state index contributed by atoms with van der Waals surface area (Å²) in [6.07, 6.45) is 4.49. The second kappa shape index (κ2) is 7.47. The Morgan fingerprint density at radius 2 is 2.47 bits per heavy atom. The lowest BCUT2D eigenvalue weighted by atomic mass is 10.1. The number of amides is 1. The molecular weight excluding hydrogens is 268 g/mol. The van der Waals surface area contributed by atoms with E-state index in [2.05, 4.69) is 15.7 Å². The Morgan fingerprint density at radius 3 is 3.11 bits per heavy atom. The highest BCUT2D eigenvalue weighted by atomic mass is 35.5. The van der Waals surface area contributed by atoms with Crippen LogP contribution in [0.5, 0.6) is 0 Å². The summed E-state index contributed by atoms with van der Waals surface area (Å²) >= 11 is 0. The number of morpholine rings is 1. The molecule has 2 N–H and O–H groups in total. The molecule has 1 aromatic heterocycles. The van der Waals surface area contributed by atoms with Crippen molar-refractivity contribution >= 4 is 18.3 Å². The smallest absolute Gasteiger partial charge is 0.239 e. The monoisotopic (exact) mass is 288 g/mol. The maximum atomic E-state index is 11.9. The molecule has 1 aromatic rings. The minimum atomic E-state index is -0.243. The SMILES string of the molecule is C[C@H]1OCCN[C@@H]1C(=O)NCCc1cnn(C)c1.Cl. The van der Waals surface area contributed by atoms with Crippen LogP contribution in [-0.2, 0) is 23.0 Å². The molecule has 2 rings (SSSR count). The van der Waals surface area contributed by atoms with Gasteiger partial charge in [-0.1, -0.05) is 0 Å². The number of rotatable bonds is 4. The van der Waals surface area contributed by atoms with Crippen LogP contribution in [0.15, 0.2) is 12.4 Å². The highest BCUT2D eigenvalue weighted by molar-refractivity contribution is 5.85. The first-order chi connectivity index (χ1) is 8.66. The van der Waals surface area contributed by atoms with Crippen LogP contribution in [0.1, 0.15) is 12.5 Å². The number of halogens is 1. The quantitative estimate of drug-likeness (QED) is 0.810. The molecule has 0 aliphatic carbocycles. The summed E-state index contributed by atoms with van der Waals surface area (Å²) in [5.41, 5.74) is 1.12. The van der Waals surface area contributed by atoms with Gasteiger partial charge in [-0.2, -0.15) is 5.10 Å². The zero-order valence-corrected chi connectivity index (χ0v) is 12.1. The van der Waals surface area contributed by atoms with Crippen molar-refractivity contribution in [3.8, 4) is 0 Å². The maximum Gasteiger partial charge on any atom is 0.239 e. The van der Waals surface area contributed by atoms with Gasteiger partial charge in [-0.3, -0.25) is 9.48 Å². The molecule has 7 heteroatoms. The number of nitrogens with one attached hydrogen (secondary N) is 2. The van der Waals surface area contributed by atoms with E-state index in [1.807, 2.05) is 26.4 Å². The number of ether oxygens (including phenoxy) is 1. The Hall–Kier alpha value is -1.11. The van der Waals surface area contributed by atoms with Gasteiger partial charge in [0.1, 0.15) is 6.04 Å². The molecule has 0 aromatic carbocycles. The fourth-order valence-electron chi connectivity index (χ4n) is 2.07. The molecule has 0 unspecified atom stereocenters.